The molecule has 0 saturated heterocycles. The Morgan fingerprint density at radius 1 is 1.19 bits per heavy atom. The van der Waals surface area contributed by atoms with Gasteiger partial charge in [-0.1, -0.05) is 33.1 Å². The van der Waals surface area contributed by atoms with Gasteiger partial charge in [-0.25, -0.2) is 0 Å². The molecule has 0 aromatic rings. The summed E-state index contributed by atoms with van der Waals surface area (Å²) in [6.07, 6.45) is 6.58. The van der Waals surface area contributed by atoms with E-state index in [1.807, 2.05) is 6.92 Å². The first-order chi connectivity index (χ1) is 10.1. The molecule has 3 N–H and O–H groups in total. The quantitative estimate of drug-likeness (QED) is 0.497. The van der Waals surface area contributed by atoms with Crippen molar-refractivity contribution in [3.8, 4) is 0 Å². The Labute approximate surface area is 129 Å². The van der Waals surface area contributed by atoms with Crippen molar-refractivity contribution in [1.29, 1.82) is 0 Å². The van der Waals surface area contributed by atoms with Gasteiger partial charge in [0.2, 0.25) is 5.91 Å². The SMILES string of the molecule is CCNC(=NCC(C)C)NCCC(=O)NC1CCCCC1. The lowest BCUT2D eigenvalue weighted by molar-refractivity contribution is -0.121. The van der Waals surface area contributed by atoms with E-state index < -0.39 is 0 Å². The molecule has 0 radical (unpaired) electrons. The summed E-state index contributed by atoms with van der Waals surface area (Å²) >= 11 is 0. The third-order valence-corrected chi connectivity index (χ3v) is 3.57. The normalized spacial score (nSPS) is 16.9. The van der Waals surface area contributed by atoms with Crippen LogP contribution in [0.3, 0.4) is 0 Å². The molecule has 21 heavy (non-hydrogen) atoms. The number of carbonyl (C=O) groups is 1. The number of rotatable bonds is 7. The van der Waals surface area contributed by atoms with Gasteiger partial charge < -0.3 is 16.0 Å². The summed E-state index contributed by atoms with van der Waals surface area (Å²) in [6, 6.07) is 0.397. The first-order valence-corrected chi connectivity index (χ1v) is 8.43. The second-order valence-electron chi connectivity index (χ2n) is 6.19. The van der Waals surface area contributed by atoms with Crippen LogP contribution in [0, 0.1) is 5.92 Å². The van der Waals surface area contributed by atoms with Crippen molar-refractivity contribution in [3.05, 3.63) is 0 Å². The summed E-state index contributed by atoms with van der Waals surface area (Å²) in [5.41, 5.74) is 0. The highest BCUT2D eigenvalue weighted by molar-refractivity contribution is 5.81. The largest absolute Gasteiger partial charge is 0.357 e. The molecule has 0 heterocycles. The number of hydrogen-bond acceptors (Lipinski definition) is 2. The van der Waals surface area contributed by atoms with Gasteiger partial charge in [-0.05, 0) is 25.7 Å². The maximum Gasteiger partial charge on any atom is 0.221 e. The average Bonchev–Trinajstić information content (AvgIpc) is 2.45. The maximum absolute atomic E-state index is 11.9. The molecule has 1 aliphatic carbocycles. The van der Waals surface area contributed by atoms with Gasteiger partial charge in [0.1, 0.15) is 0 Å². The number of amides is 1. The average molecular weight is 296 g/mol. The summed E-state index contributed by atoms with van der Waals surface area (Å²) in [4.78, 5) is 16.4. The van der Waals surface area contributed by atoms with Crippen LogP contribution in [0.2, 0.25) is 0 Å². The minimum absolute atomic E-state index is 0.147. The lowest BCUT2D eigenvalue weighted by Crippen LogP contribution is -2.41. The van der Waals surface area contributed by atoms with Crippen LogP contribution < -0.4 is 16.0 Å². The lowest BCUT2D eigenvalue weighted by atomic mass is 9.95. The zero-order chi connectivity index (χ0) is 15.5. The fourth-order valence-corrected chi connectivity index (χ4v) is 2.46. The summed E-state index contributed by atoms with van der Waals surface area (Å²) in [7, 11) is 0. The third-order valence-electron chi connectivity index (χ3n) is 3.57. The van der Waals surface area contributed by atoms with E-state index in [-0.39, 0.29) is 5.91 Å². The van der Waals surface area contributed by atoms with Crippen LogP contribution in [-0.2, 0) is 4.79 Å². The zero-order valence-electron chi connectivity index (χ0n) is 13.9. The molecular formula is C16H32N4O. The minimum Gasteiger partial charge on any atom is -0.357 e. The topological polar surface area (TPSA) is 65.5 Å². The predicted octanol–water partition coefficient (Wildman–Crippen LogP) is 2.04. The van der Waals surface area contributed by atoms with Crippen LogP contribution >= 0.6 is 0 Å². The molecule has 0 aromatic carbocycles. The lowest BCUT2D eigenvalue weighted by Gasteiger charge is -2.22. The molecule has 0 aromatic heterocycles. The van der Waals surface area contributed by atoms with Crippen molar-refractivity contribution in [2.75, 3.05) is 19.6 Å². The number of aliphatic imine (C=N–C) groups is 1. The van der Waals surface area contributed by atoms with Crippen LogP contribution in [0.4, 0.5) is 0 Å². The highest BCUT2D eigenvalue weighted by atomic mass is 16.1. The van der Waals surface area contributed by atoms with E-state index in [0.29, 0.717) is 24.9 Å². The van der Waals surface area contributed by atoms with Crippen molar-refractivity contribution in [3.63, 3.8) is 0 Å². The molecule has 1 aliphatic rings. The number of hydrogen-bond donors (Lipinski definition) is 3. The molecule has 0 spiro atoms. The highest BCUT2D eigenvalue weighted by Gasteiger charge is 2.15. The summed E-state index contributed by atoms with van der Waals surface area (Å²) in [5, 5.41) is 9.56. The van der Waals surface area contributed by atoms with Gasteiger partial charge in [0, 0.05) is 32.1 Å². The van der Waals surface area contributed by atoms with Gasteiger partial charge in [-0.3, -0.25) is 9.79 Å². The minimum atomic E-state index is 0.147. The summed E-state index contributed by atoms with van der Waals surface area (Å²) in [5.74, 6) is 1.49. The van der Waals surface area contributed by atoms with Crippen molar-refractivity contribution in [2.24, 2.45) is 10.9 Å². The molecule has 1 saturated carbocycles. The van der Waals surface area contributed by atoms with Crippen LogP contribution in [0.25, 0.3) is 0 Å². The summed E-state index contributed by atoms with van der Waals surface area (Å²) in [6.45, 7) is 8.59. The van der Waals surface area contributed by atoms with E-state index in [4.69, 9.17) is 0 Å². The Morgan fingerprint density at radius 2 is 1.90 bits per heavy atom. The van der Waals surface area contributed by atoms with E-state index in [0.717, 1.165) is 31.9 Å². The van der Waals surface area contributed by atoms with Crippen molar-refractivity contribution in [1.82, 2.24) is 16.0 Å². The van der Waals surface area contributed by atoms with Gasteiger partial charge in [-0.15, -0.1) is 0 Å². The molecule has 1 rings (SSSR count). The van der Waals surface area contributed by atoms with E-state index in [2.05, 4.69) is 34.8 Å². The van der Waals surface area contributed by atoms with Crippen molar-refractivity contribution in [2.45, 2.75) is 65.3 Å². The monoisotopic (exact) mass is 296 g/mol. The van der Waals surface area contributed by atoms with E-state index in [9.17, 15) is 4.79 Å². The van der Waals surface area contributed by atoms with Crippen LogP contribution in [0.1, 0.15) is 59.3 Å². The predicted molar refractivity (Wildman–Crippen MR) is 88.5 cm³/mol. The second-order valence-corrected chi connectivity index (χ2v) is 6.19. The first kappa shape index (κ1) is 17.8. The molecule has 0 unspecified atom stereocenters. The number of nitrogens with one attached hydrogen (secondary N) is 3. The van der Waals surface area contributed by atoms with E-state index in [1.165, 1.54) is 19.3 Å². The van der Waals surface area contributed by atoms with Crippen LogP contribution in [0.5, 0.6) is 0 Å². The molecule has 0 aliphatic heterocycles. The maximum atomic E-state index is 11.9. The molecule has 5 heteroatoms. The molecule has 5 nitrogen and oxygen atoms in total. The van der Waals surface area contributed by atoms with Gasteiger partial charge >= 0.3 is 0 Å². The van der Waals surface area contributed by atoms with Crippen LogP contribution in [0.15, 0.2) is 4.99 Å². The molecule has 0 bridgehead atoms. The van der Waals surface area contributed by atoms with Gasteiger partial charge in [-0.2, -0.15) is 0 Å². The molecule has 1 amide bonds. The van der Waals surface area contributed by atoms with Crippen molar-refractivity contribution >= 4 is 11.9 Å². The Balaban J connectivity index is 2.22. The fourth-order valence-electron chi connectivity index (χ4n) is 2.46. The fraction of sp³-hybridized carbons (Fsp3) is 0.875. The Kier molecular flexibility index (Phi) is 8.87. The number of guanidine groups is 1. The molecule has 0 atom stereocenters. The highest BCUT2D eigenvalue weighted by Crippen LogP contribution is 2.17. The molecule has 122 valence electrons. The molecular weight excluding hydrogens is 264 g/mol. The van der Waals surface area contributed by atoms with Crippen molar-refractivity contribution < 1.29 is 4.79 Å². The molecule has 1 fully saturated rings. The third kappa shape index (κ3) is 8.58. The van der Waals surface area contributed by atoms with Gasteiger partial charge in [0.25, 0.3) is 0 Å². The van der Waals surface area contributed by atoms with Crippen LogP contribution in [-0.4, -0.2) is 37.5 Å². The number of nitrogens with zero attached hydrogens (tertiary/aromatic N) is 1. The van der Waals surface area contributed by atoms with Gasteiger partial charge in [0.15, 0.2) is 5.96 Å². The Hall–Kier alpha value is -1.26. The Bertz CT molecular complexity index is 322. The zero-order valence-corrected chi connectivity index (χ0v) is 13.9. The second kappa shape index (κ2) is 10.5. The number of carbonyl (C=O) groups excluding carboxylic acids is 1. The van der Waals surface area contributed by atoms with E-state index in [1.54, 1.807) is 0 Å². The Morgan fingerprint density at radius 3 is 2.52 bits per heavy atom. The van der Waals surface area contributed by atoms with E-state index >= 15 is 0 Å². The standard InChI is InChI=1S/C16H32N4O/c1-4-17-16(19-12-13(2)3)18-11-10-15(21)20-14-8-6-5-7-9-14/h13-14H,4-12H2,1-3H3,(H,20,21)(H2,17,18,19). The van der Waals surface area contributed by atoms with Gasteiger partial charge in [0.05, 0.1) is 0 Å². The smallest absolute Gasteiger partial charge is 0.221 e. The summed E-state index contributed by atoms with van der Waals surface area (Å²) < 4.78 is 0. The first-order valence-electron chi connectivity index (χ1n) is 8.43.